The average molecular weight is 248 g/mol. The van der Waals surface area contributed by atoms with Crippen molar-refractivity contribution in [2.24, 2.45) is 0 Å². The highest BCUT2D eigenvalue weighted by molar-refractivity contribution is 6.17. The predicted molar refractivity (Wildman–Crippen MR) is 65.8 cm³/mol. The van der Waals surface area contributed by atoms with E-state index in [1.54, 1.807) is 0 Å². The third-order valence-electron chi connectivity index (χ3n) is 2.87. The van der Waals surface area contributed by atoms with Gasteiger partial charge in [0.05, 0.1) is 12.7 Å². The molecule has 0 aromatic rings. The minimum absolute atomic E-state index is 0.0768. The smallest absolute Gasteiger partial charge is 0.220 e. The second-order valence-electron chi connectivity index (χ2n) is 4.27. The third kappa shape index (κ3) is 6.33. The Bertz CT molecular complexity index is 193. The van der Waals surface area contributed by atoms with Gasteiger partial charge in [0.1, 0.15) is 0 Å². The summed E-state index contributed by atoms with van der Waals surface area (Å²) in [4.78, 5) is 11.2. The van der Waals surface area contributed by atoms with Gasteiger partial charge in [-0.05, 0) is 19.3 Å². The van der Waals surface area contributed by atoms with Crippen molar-refractivity contribution in [1.82, 2.24) is 5.32 Å². The molecule has 94 valence electrons. The Balaban J connectivity index is 1.92. The van der Waals surface area contributed by atoms with Crippen molar-refractivity contribution in [3.8, 4) is 0 Å². The van der Waals surface area contributed by atoms with Crippen LogP contribution in [0.1, 0.15) is 44.9 Å². The van der Waals surface area contributed by atoms with Crippen LogP contribution in [-0.2, 0) is 9.53 Å². The Morgan fingerprint density at radius 2 is 2.06 bits per heavy atom. The van der Waals surface area contributed by atoms with Crippen molar-refractivity contribution in [1.29, 1.82) is 0 Å². The molecule has 1 rings (SSSR count). The second kappa shape index (κ2) is 8.82. The van der Waals surface area contributed by atoms with E-state index in [9.17, 15) is 4.79 Å². The maximum atomic E-state index is 11.2. The van der Waals surface area contributed by atoms with Crippen LogP contribution in [0.15, 0.2) is 0 Å². The molecular formula is C12H22ClNO2. The van der Waals surface area contributed by atoms with Crippen LogP contribution >= 0.6 is 11.6 Å². The van der Waals surface area contributed by atoms with Crippen molar-refractivity contribution in [2.45, 2.75) is 51.0 Å². The van der Waals surface area contributed by atoms with Gasteiger partial charge in [-0.15, -0.1) is 11.6 Å². The van der Waals surface area contributed by atoms with Gasteiger partial charge in [-0.25, -0.2) is 0 Å². The average Bonchev–Trinajstić information content (AvgIpc) is 2.33. The number of nitrogens with one attached hydrogen (secondary N) is 1. The number of halogens is 1. The summed E-state index contributed by atoms with van der Waals surface area (Å²) in [7, 11) is 0. The Morgan fingerprint density at radius 1 is 1.31 bits per heavy atom. The number of amides is 1. The highest BCUT2D eigenvalue weighted by Crippen LogP contribution is 2.19. The molecule has 0 saturated heterocycles. The van der Waals surface area contributed by atoms with Gasteiger partial charge in [-0.3, -0.25) is 4.79 Å². The molecule has 0 aromatic carbocycles. The fraction of sp³-hybridized carbons (Fsp3) is 0.917. The first kappa shape index (κ1) is 13.8. The van der Waals surface area contributed by atoms with Crippen LogP contribution in [0.5, 0.6) is 0 Å². The number of hydrogen-bond donors (Lipinski definition) is 1. The third-order valence-corrected chi connectivity index (χ3v) is 3.13. The van der Waals surface area contributed by atoms with Crippen LogP contribution < -0.4 is 5.32 Å². The van der Waals surface area contributed by atoms with Gasteiger partial charge >= 0.3 is 0 Å². The highest BCUT2D eigenvalue weighted by Gasteiger charge is 2.13. The molecule has 16 heavy (non-hydrogen) atoms. The van der Waals surface area contributed by atoms with Gasteiger partial charge < -0.3 is 10.1 Å². The molecule has 0 heterocycles. The molecular weight excluding hydrogens is 226 g/mol. The lowest BCUT2D eigenvalue weighted by Crippen LogP contribution is -2.29. The molecule has 0 spiro atoms. The fourth-order valence-electron chi connectivity index (χ4n) is 1.96. The van der Waals surface area contributed by atoms with Crippen LogP contribution in [0.2, 0.25) is 0 Å². The van der Waals surface area contributed by atoms with E-state index in [-0.39, 0.29) is 5.91 Å². The molecule has 0 bridgehead atoms. The molecule has 1 aliphatic rings. The highest BCUT2D eigenvalue weighted by atomic mass is 35.5. The minimum atomic E-state index is 0.0768. The first-order valence-corrected chi connectivity index (χ1v) is 6.80. The monoisotopic (exact) mass is 247 g/mol. The fourth-order valence-corrected chi connectivity index (χ4v) is 2.10. The van der Waals surface area contributed by atoms with Crippen molar-refractivity contribution >= 4 is 17.5 Å². The Kier molecular flexibility index (Phi) is 7.60. The van der Waals surface area contributed by atoms with Gasteiger partial charge in [0.25, 0.3) is 0 Å². The van der Waals surface area contributed by atoms with E-state index in [1.807, 2.05) is 0 Å². The predicted octanol–water partition coefficient (Wildman–Crippen LogP) is 2.47. The van der Waals surface area contributed by atoms with E-state index in [0.29, 0.717) is 31.6 Å². The number of hydrogen-bond acceptors (Lipinski definition) is 2. The van der Waals surface area contributed by atoms with Crippen LogP contribution in [0.3, 0.4) is 0 Å². The first-order valence-electron chi connectivity index (χ1n) is 6.27. The number of ether oxygens (including phenoxy) is 1. The van der Waals surface area contributed by atoms with E-state index in [4.69, 9.17) is 16.3 Å². The molecule has 4 heteroatoms. The second-order valence-corrected chi connectivity index (χ2v) is 4.65. The molecule has 0 aromatic heterocycles. The summed E-state index contributed by atoms with van der Waals surface area (Å²) in [5, 5.41) is 2.83. The summed E-state index contributed by atoms with van der Waals surface area (Å²) >= 11 is 5.50. The number of alkyl halides is 1. The zero-order valence-corrected chi connectivity index (χ0v) is 10.6. The topological polar surface area (TPSA) is 38.3 Å². The van der Waals surface area contributed by atoms with E-state index >= 15 is 0 Å². The van der Waals surface area contributed by atoms with Crippen LogP contribution in [0.4, 0.5) is 0 Å². The summed E-state index contributed by atoms with van der Waals surface area (Å²) in [5.74, 6) is 0.624. The van der Waals surface area contributed by atoms with E-state index in [2.05, 4.69) is 5.32 Å². The van der Waals surface area contributed by atoms with Crippen molar-refractivity contribution in [3.63, 3.8) is 0 Å². The van der Waals surface area contributed by atoms with Gasteiger partial charge in [0.15, 0.2) is 0 Å². The first-order chi connectivity index (χ1) is 7.83. The van der Waals surface area contributed by atoms with Crippen molar-refractivity contribution < 1.29 is 9.53 Å². The molecule has 1 fully saturated rings. The number of carbonyl (C=O) groups is 1. The van der Waals surface area contributed by atoms with Crippen molar-refractivity contribution in [3.05, 3.63) is 0 Å². The summed E-state index contributed by atoms with van der Waals surface area (Å²) in [6.45, 7) is 1.26. The molecule has 0 unspecified atom stereocenters. The molecule has 1 saturated carbocycles. The standard InChI is InChI=1S/C12H22ClNO2/c13-8-4-7-12(15)14-9-10-16-11-5-2-1-3-6-11/h11H,1-10H2,(H,14,15). The Labute approximate surface area is 103 Å². The zero-order valence-electron chi connectivity index (χ0n) is 9.84. The lowest BCUT2D eigenvalue weighted by atomic mass is 9.98. The van der Waals surface area contributed by atoms with E-state index < -0.39 is 0 Å². The normalized spacial score (nSPS) is 17.3. The molecule has 1 aliphatic carbocycles. The minimum Gasteiger partial charge on any atom is -0.376 e. The van der Waals surface area contributed by atoms with E-state index in [0.717, 1.165) is 6.42 Å². The lowest BCUT2D eigenvalue weighted by Gasteiger charge is -2.21. The molecule has 3 nitrogen and oxygen atoms in total. The zero-order chi connectivity index (χ0) is 11.6. The molecule has 1 N–H and O–H groups in total. The van der Waals surface area contributed by atoms with Crippen LogP contribution in [-0.4, -0.2) is 31.0 Å². The van der Waals surface area contributed by atoms with Crippen LogP contribution in [0.25, 0.3) is 0 Å². The molecule has 1 amide bonds. The van der Waals surface area contributed by atoms with Gasteiger partial charge in [-0.2, -0.15) is 0 Å². The molecule has 0 atom stereocenters. The largest absolute Gasteiger partial charge is 0.376 e. The van der Waals surface area contributed by atoms with Gasteiger partial charge in [-0.1, -0.05) is 19.3 Å². The van der Waals surface area contributed by atoms with Gasteiger partial charge in [0, 0.05) is 18.8 Å². The summed E-state index contributed by atoms with van der Waals surface area (Å²) in [5.41, 5.74) is 0. The van der Waals surface area contributed by atoms with Gasteiger partial charge in [0.2, 0.25) is 5.91 Å². The SMILES string of the molecule is O=C(CCCCl)NCCOC1CCCCC1. The Hall–Kier alpha value is -0.280. The quantitative estimate of drug-likeness (QED) is 0.555. The summed E-state index contributed by atoms with van der Waals surface area (Å²) in [6.07, 6.45) is 7.96. The number of rotatable bonds is 7. The molecule has 0 aliphatic heterocycles. The van der Waals surface area contributed by atoms with E-state index in [1.165, 1.54) is 32.1 Å². The number of carbonyl (C=O) groups excluding carboxylic acids is 1. The maximum Gasteiger partial charge on any atom is 0.220 e. The summed E-state index contributed by atoms with van der Waals surface area (Å²) in [6, 6.07) is 0. The summed E-state index contributed by atoms with van der Waals surface area (Å²) < 4.78 is 5.70. The van der Waals surface area contributed by atoms with Crippen molar-refractivity contribution in [2.75, 3.05) is 19.0 Å². The Morgan fingerprint density at radius 3 is 2.75 bits per heavy atom. The molecule has 0 radical (unpaired) electrons. The van der Waals surface area contributed by atoms with Crippen LogP contribution in [0, 0.1) is 0 Å². The maximum absolute atomic E-state index is 11.2. The lowest BCUT2D eigenvalue weighted by molar-refractivity contribution is -0.121.